The van der Waals surface area contributed by atoms with Crippen LogP contribution < -0.4 is 5.32 Å². The summed E-state index contributed by atoms with van der Waals surface area (Å²) in [6, 6.07) is 0.338. The van der Waals surface area contributed by atoms with Crippen LogP contribution in [0.2, 0.25) is 0 Å². The first kappa shape index (κ1) is 19.8. The summed E-state index contributed by atoms with van der Waals surface area (Å²) in [5.41, 5.74) is 0. The van der Waals surface area contributed by atoms with Crippen molar-refractivity contribution >= 4 is 10.0 Å². The maximum Gasteiger partial charge on any atom is 0.218 e. The molecule has 0 amide bonds. The second-order valence-electron chi connectivity index (χ2n) is 5.49. The van der Waals surface area contributed by atoms with E-state index in [-0.39, 0.29) is 12.1 Å². The maximum absolute atomic E-state index is 12.7. The molecule has 0 aliphatic heterocycles. The average Bonchev–Trinajstić information content (AvgIpc) is 2.40. The Morgan fingerprint density at radius 3 is 2.10 bits per heavy atom. The summed E-state index contributed by atoms with van der Waals surface area (Å²) in [6.45, 7) is 11.2. The van der Waals surface area contributed by atoms with Gasteiger partial charge >= 0.3 is 0 Å². The SMILES string of the molecule is CCC(CC)N(CCOC)S(=O)(=O)C(C)CNC(C)C. The molecule has 1 N–H and O–H groups in total. The highest BCUT2D eigenvalue weighted by Crippen LogP contribution is 2.17. The molecule has 0 aliphatic carbocycles. The Balaban J connectivity index is 5.00. The number of methoxy groups -OCH3 is 1. The normalized spacial score (nSPS) is 14.4. The fraction of sp³-hybridized carbons (Fsp3) is 1.00. The summed E-state index contributed by atoms with van der Waals surface area (Å²) in [4.78, 5) is 0. The van der Waals surface area contributed by atoms with Gasteiger partial charge in [0.2, 0.25) is 10.0 Å². The third-order valence-electron chi connectivity index (χ3n) is 3.51. The van der Waals surface area contributed by atoms with Gasteiger partial charge in [0.15, 0.2) is 0 Å². The number of nitrogens with zero attached hydrogens (tertiary/aromatic N) is 1. The zero-order valence-electron chi connectivity index (χ0n) is 13.8. The monoisotopic (exact) mass is 308 g/mol. The van der Waals surface area contributed by atoms with Gasteiger partial charge in [0.05, 0.1) is 11.9 Å². The van der Waals surface area contributed by atoms with Gasteiger partial charge in [-0.25, -0.2) is 8.42 Å². The van der Waals surface area contributed by atoms with Gasteiger partial charge in [-0.1, -0.05) is 27.7 Å². The molecular formula is C14H32N2O3S. The van der Waals surface area contributed by atoms with Crippen molar-refractivity contribution in [2.24, 2.45) is 0 Å². The Bertz CT molecular complexity index is 340. The van der Waals surface area contributed by atoms with Gasteiger partial charge in [-0.3, -0.25) is 0 Å². The van der Waals surface area contributed by atoms with Crippen LogP contribution in [0, 0.1) is 0 Å². The maximum atomic E-state index is 12.7. The van der Waals surface area contributed by atoms with Crippen molar-refractivity contribution in [3.05, 3.63) is 0 Å². The summed E-state index contributed by atoms with van der Waals surface area (Å²) in [5, 5.41) is 2.77. The van der Waals surface area contributed by atoms with Gasteiger partial charge in [-0.15, -0.1) is 0 Å². The molecule has 1 unspecified atom stereocenters. The van der Waals surface area contributed by atoms with Gasteiger partial charge in [-0.2, -0.15) is 4.31 Å². The van der Waals surface area contributed by atoms with Gasteiger partial charge in [-0.05, 0) is 19.8 Å². The first-order chi connectivity index (χ1) is 9.31. The molecule has 0 aliphatic rings. The zero-order chi connectivity index (χ0) is 15.8. The second kappa shape index (κ2) is 9.71. The lowest BCUT2D eigenvalue weighted by Crippen LogP contribution is -2.48. The van der Waals surface area contributed by atoms with E-state index in [0.29, 0.717) is 19.7 Å². The van der Waals surface area contributed by atoms with Crippen LogP contribution in [0.5, 0.6) is 0 Å². The number of sulfonamides is 1. The fourth-order valence-electron chi connectivity index (χ4n) is 2.13. The number of hydrogen-bond donors (Lipinski definition) is 1. The molecule has 0 bridgehead atoms. The number of rotatable bonds is 11. The first-order valence-electron chi connectivity index (χ1n) is 7.54. The average molecular weight is 308 g/mol. The minimum Gasteiger partial charge on any atom is -0.383 e. The minimum absolute atomic E-state index is 0.0525. The number of hydrogen-bond acceptors (Lipinski definition) is 4. The van der Waals surface area contributed by atoms with E-state index in [9.17, 15) is 8.42 Å². The third kappa shape index (κ3) is 6.08. The number of nitrogens with one attached hydrogen (secondary N) is 1. The largest absolute Gasteiger partial charge is 0.383 e. The van der Waals surface area contributed by atoms with Crippen molar-refractivity contribution in [3.63, 3.8) is 0 Å². The molecule has 0 saturated heterocycles. The molecule has 0 saturated carbocycles. The smallest absolute Gasteiger partial charge is 0.218 e. The van der Waals surface area contributed by atoms with Gasteiger partial charge in [0, 0.05) is 32.3 Å². The predicted molar refractivity (Wildman–Crippen MR) is 84.5 cm³/mol. The van der Waals surface area contributed by atoms with Crippen LogP contribution in [-0.2, 0) is 14.8 Å². The quantitative estimate of drug-likeness (QED) is 0.633. The lowest BCUT2D eigenvalue weighted by molar-refractivity contribution is 0.163. The van der Waals surface area contributed by atoms with E-state index in [1.807, 2.05) is 27.7 Å². The van der Waals surface area contributed by atoms with Gasteiger partial charge in [0.25, 0.3) is 0 Å². The lowest BCUT2D eigenvalue weighted by atomic mass is 10.2. The van der Waals surface area contributed by atoms with Gasteiger partial charge < -0.3 is 10.1 Å². The Morgan fingerprint density at radius 1 is 1.15 bits per heavy atom. The first-order valence-corrected chi connectivity index (χ1v) is 9.04. The van der Waals surface area contributed by atoms with E-state index in [2.05, 4.69) is 5.32 Å². The summed E-state index contributed by atoms with van der Waals surface area (Å²) < 4.78 is 32.2. The molecule has 0 radical (unpaired) electrons. The molecular weight excluding hydrogens is 276 g/mol. The zero-order valence-corrected chi connectivity index (χ0v) is 14.7. The number of ether oxygens (including phenoxy) is 1. The molecule has 0 aromatic heterocycles. The second-order valence-corrected chi connectivity index (χ2v) is 7.80. The van der Waals surface area contributed by atoms with Crippen molar-refractivity contribution in [3.8, 4) is 0 Å². The van der Waals surface area contributed by atoms with Crippen molar-refractivity contribution in [1.82, 2.24) is 9.62 Å². The van der Waals surface area contributed by atoms with Gasteiger partial charge in [0.1, 0.15) is 0 Å². The highest BCUT2D eigenvalue weighted by atomic mass is 32.2. The standard InChI is InChI=1S/C14H32N2O3S/c1-7-14(8-2)16(9-10-19-6)20(17,18)13(5)11-15-12(3)4/h12-15H,7-11H2,1-6H3. The molecule has 0 rings (SSSR count). The molecule has 6 heteroatoms. The van der Waals surface area contributed by atoms with Crippen molar-refractivity contribution < 1.29 is 13.2 Å². The molecule has 1 atom stereocenters. The Hall–Kier alpha value is -0.170. The summed E-state index contributed by atoms with van der Waals surface area (Å²) in [6.07, 6.45) is 1.65. The lowest BCUT2D eigenvalue weighted by Gasteiger charge is -2.32. The summed E-state index contributed by atoms with van der Waals surface area (Å²) >= 11 is 0. The topological polar surface area (TPSA) is 58.6 Å². The molecule has 0 spiro atoms. The Labute approximate surface area is 125 Å². The van der Waals surface area contributed by atoms with E-state index in [0.717, 1.165) is 12.8 Å². The van der Waals surface area contributed by atoms with Crippen LogP contribution in [0.4, 0.5) is 0 Å². The molecule has 20 heavy (non-hydrogen) atoms. The highest BCUT2D eigenvalue weighted by molar-refractivity contribution is 7.89. The predicted octanol–water partition coefficient (Wildman–Crippen LogP) is 1.84. The Kier molecular flexibility index (Phi) is 9.63. The highest BCUT2D eigenvalue weighted by Gasteiger charge is 2.32. The van der Waals surface area contributed by atoms with Crippen LogP contribution >= 0.6 is 0 Å². The van der Waals surface area contributed by atoms with Crippen LogP contribution in [-0.4, -0.2) is 56.9 Å². The minimum atomic E-state index is -3.30. The van der Waals surface area contributed by atoms with Crippen molar-refractivity contribution in [1.29, 1.82) is 0 Å². The van der Waals surface area contributed by atoms with E-state index < -0.39 is 15.3 Å². The van der Waals surface area contributed by atoms with Crippen LogP contribution in [0.1, 0.15) is 47.5 Å². The van der Waals surface area contributed by atoms with Crippen molar-refractivity contribution in [2.75, 3.05) is 26.8 Å². The van der Waals surface area contributed by atoms with Crippen LogP contribution in [0.15, 0.2) is 0 Å². The summed E-state index contributed by atoms with van der Waals surface area (Å²) in [7, 11) is -1.70. The molecule has 122 valence electrons. The van der Waals surface area contributed by atoms with Crippen LogP contribution in [0.25, 0.3) is 0 Å². The molecule has 0 aromatic rings. The van der Waals surface area contributed by atoms with E-state index in [1.165, 1.54) is 0 Å². The van der Waals surface area contributed by atoms with E-state index in [1.54, 1.807) is 18.3 Å². The molecule has 0 fully saturated rings. The Morgan fingerprint density at radius 2 is 1.70 bits per heavy atom. The van der Waals surface area contributed by atoms with E-state index >= 15 is 0 Å². The van der Waals surface area contributed by atoms with Crippen molar-refractivity contribution in [2.45, 2.75) is 64.8 Å². The molecule has 0 aromatic carbocycles. The summed E-state index contributed by atoms with van der Waals surface area (Å²) in [5.74, 6) is 0. The fourth-order valence-corrected chi connectivity index (χ4v) is 3.94. The molecule has 5 nitrogen and oxygen atoms in total. The molecule has 0 heterocycles. The van der Waals surface area contributed by atoms with E-state index in [4.69, 9.17) is 4.74 Å². The van der Waals surface area contributed by atoms with Crippen LogP contribution in [0.3, 0.4) is 0 Å². The third-order valence-corrected chi connectivity index (χ3v) is 5.83.